The molecule has 2 heterocycles. The second-order valence-corrected chi connectivity index (χ2v) is 10.1. The standard InChI is InChI=1S/C19H27N3O4S/c23-18-4-2-1-3-17(18)21-10-8-20(9-11-21)13-19(24)22(15-5-6-15)16-7-12-27(25,26)14-16/h1-4,15-16,23H,5-14H2. The molecule has 3 aliphatic rings. The third-order valence-electron chi connectivity index (χ3n) is 5.78. The molecule has 27 heavy (non-hydrogen) atoms. The van der Waals surface area contributed by atoms with Crippen molar-refractivity contribution in [3.63, 3.8) is 0 Å². The second kappa shape index (κ2) is 7.31. The number of benzene rings is 1. The highest BCUT2D eigenvalue weighted by atomic mass is 32.2. The van der Waals surface area contributed by atoms with Crippen LogP contribution in [0.3, 0.4) is 0 Å². The van der Waals surface area contributed by atoms with Gasteiger partial charge in [0.2, 0.25) is 5.91 Å². The number of phenolic OH excluding ortho intramolecular Hbond substituents is 1. The van der Waals surface area contributed by atoms with Gasteiger partial charge in [0.05, 0.1) is 23.7 Å². The van der Waals surface area contributed by atoms with Gasteiger partial charge in [-0.05, 0) is 31.4 Å². The van der Waals surface area contributed by atoms with Gasteiger partial charge in [-0.3, -0.25) is 9.69 Å². The second-order valence-electron chi connectivity index (χ2n) is 7.84. The van der Waals surface area contributed by atoms with Crippen LogP contribution in [0.15, 0.2) is 24.3 Å². The predicted octanol–water partition coefficient (Wildman–Crippen LogP) is 0.692. The van der Waals surface area contributed by atoms with Crippen LogP contribution in [0.25, 0.3) is 0 Å². The molecule has 1 saturated carbocycles. The Kier molecular flexibility index (Phi) is 5.03. The molecule has 0 aromatic heterocycles. The van der Waals surface area contributed by atoms with Gasteiger partial charge in [0.1, 0.15) is 5.75 Å². The molecule has 1 unspecified atom stereocenters. The number of rotatable bonds is 5. The quantitative estimate of drug-likeness (QED) is 0.793. The molecule has 7 nitrogen and oxygen atoms in total. The van der Waals surface area contributed by atoms with Crippen molar-refractivity contribution in [2.75, 3.05) is 49.1 Å². The molecule has 1 N–H and O–H groups in total. The minimum atomic E-state index is -2.99. The van der Waals surface area contributed by atoms with Crippen LogP contribution in [0.1, 0.15) is 19.3 Å². The zero-order valence-electron chi connectivity index (χ0n) is 15.5. The lowest BCUT2D eigenvalue weighted by atomic mass is 10.2. The SMILES string of the molecule is O=C(CN1CCN(c2ccccc2O)CC1)N(C1CC1)C1CCS(=O)(=O)C1. The summed E-state index contributed by atoms with van der Waals surface area (Å²) in [6.07, 6.45) is 2.55. The number of nitrogens with zero attached hydrogens (tertiary/aromatic N) is 3. The first-order chi connectivity index (χ1) is 12.9. The maximum Gasteiger partial charge on any atom is 0.237 e. The molecule has 0 spiro atoms. The number of para-hydroxylation sites is 2. The summed E-state index contributed by atoms with van der Waals surface area (Å²) >= 11 is 0. The Hall–Kier alpha value is -1.80. The van der Waals surface area contributed by atoms with Crippen molar-refractivity contribution in [2.24, 2.45) is 0 Å². The molecule has 0 radical (unpaired) electrons. The lowest BCUT2D eigenvalue weighted by Crippen LogP contribution is -2.52. The molecule has 1 aromatic rings. The Labute approximate surface area is 160 Å². The summed E-state index contributed by atoms with van der Waals surface area (Å²) in [5, 5.41) is 10.0. The van der Waals surface area contributed by atoms with Crippen molar-refractivity contribution in [1.29, 1.82) is 0 Å². The fourth-order valence-electron chi connectivity index (χ4n) is 4.20. The summed E-state index contributed by atoms with van der Waals surface area (Å²) in [6, 6.07) is 7.41. The Bertz CT molecular complexity index is 801. The van der Waals surface area contributed by atoms with E-state index in [2.05, 4.69) is 9.80 Å². The number of aromatic hydroxyl groups is 1. The summed E-state index contributed by atoms with van der Waals surface area (Å²) in [6.45, 7) is 3.36. The molecule has 2 aliphatic heterocycles. The van der Waals surface area contributed by atoms with Gasteiger partial charge >= 0.3 is 0 Å². The number of carbonyl (C=O) groups excluding carboxylic acids is 1. The fourth-order valence-corrected chi connectivity index (χ4v) is 5.92. The van der Waals surface area contributed by atoms with Gasteiger partial charge < -0.3 is 14.9 Å². The van der Waals surface area contributed by atoms with Crippen molar-refractivity contribution in [3.05, 3.63) is 24.3 Å². The number of piperazine rings is 1. The Balaban J connectivity index is 1.34. The van der Waals surface area contributed by atoms with Crippen LogP contribution in [-0.2, 0) is 14.6 Å². The third kappa shape index (κ3) is 4.21. The molecule has 0 bridgehead atoms. The Morgan fingerprint density at radius 3 is 2.37 bits per heavy atom. The smallest absolute Gasteiger partial charge is 0.237 e. The molecule has 3 fully saturated rings. The van der Waals surface area contributed by atoms with Crippen LogP contribution in [0, 0.1) is 0 Å². The van der Waals surface area contributed by atoms with E-state index in [0.717, 1.165) is 44.7 Å². The van der Waals surface area contributed by atoms with Gasteiger partial charge in [-0.1, -0.05) is 12.1 Å². The number of carbonyl (C=O) groups is 1. The van der Waals surface area contributed by atoms with Gasteiger partial charge in [0.25, 0.3) is 0 Å². The van der Waals surface area contributed by atoms with Crippen LogP contribution in [0.4, 0.5) is 5.69 Å². The van der Waals surface area contributed by atoms with E-state index in [1.54, 1.807) is 6.07 Å². The zero-order chi connectivity index (χ0) is 19.0. The van der Waals surface area contributed by atoms with Crippen molar-refractivity contribution in [1.82, 2.24) is 9.80 Å². The lowest BCUT2D eigenvalue weighted by Gasteiger charge is -2.37. The van der Waals surface area contributed by atoms with Gasteiger partial charge in [-0.2, -0.15) is 0 Å². The molecule has 8 heteroatoms. The van der Waals surface area contributed by atoms with Crippen LogP contribution < -0.4 is 4.90 Å². The van der Waals surface area contributed by atoms with Crippen molar-refractivity contribution in [2.45, 2.75) is 31.3 Å². The van der Waals surface area contributed by atoms with E-state index in [1.165, 1.54) is 0 Å². The normalized spacial score (nSPS) is 25.5. The number of anilines is 1. The number of amides is 1. The van der Waals surface area contributed by atoms with E-state index in [0.29, 0.717) is 13.0 Å². The van der Waals surface area contributed by atoms with Crippen LogP contribution in [0.2, 0.25) is 0 Å². The minimum absolute atomic E-state index is 0.0654. The third-order valence-corrected chi connectivity index (χ3v) is 7.53. The van der Waals surface area contributed by atoms with E-state index in [9.17, 15) is 18.3 Å². The maximum absolute atomic E-state index is 12.9. The minimum Gasteiger partial charge on any atom is -0.506 e. The van der Waals surface area contributed by atoms with Gasteiger partial charge in [0, 0.05) is 38.3 Å². The van der Waals surface area contributed by atoms with Crippen LogP contribution in [0.5, 0.6) is 5.75 Å². The topological polar surface area (TPSA) is 81.2 Å². The molecule has 148 valence electrons. The summed E-state index contributed by atoms with van der Waals surface area (Å²) in [5.74, 6) is 0.670. The predicted molar refractivity (Wildman–Crippen MR) is 104 cm³/mol. The summed E-state index contributed by atoms with van der Waals surface area (Å²) in [7, 11) is -2.99. The maximum atomic E-state index is 12.9. The number of sulfone groups is 1. The highest BCUT2D eigenvalue weighted by Gasteiger charge is 2.42. The molecule has 1 aliphatic carbocycles. The van der Waals surface area contributed by atoms with Gasteiger partial charge in [-0.25, -0.2) is 8.42 Å². The fraction of sp³-hybridized carbons (Fsp3) is 0.632. The summed E-state index contributed by atoms with van der Waals surface area (Å²) in [5.41, 5.74) is 0.833. The summed E-state index contributed by atoms with van der Waals surface area (Å²) in [4.78, 5) is 19.1. The Morgan fingerprint density at radius 2 is 1.78 bits per heavy atom. The van der Waals surface area contributed by atoms with Crippen LogP contribution in [-0.4, -0.2) is 85.5 Å². The average molecular weight is 394 g/mol. The number of hydrogen-bond donors (Lipinski definition) is 1. The highest BCUT2D eigenvalue weighted by Crippen LogP contribution is 2.32. The molecule has 1 aromatic carbocycles. The summed E-state index contributed by atoms with van der Waals surface area (Å²) < 4.78 is 23.7. The van der Waals surface area contributed by atoms with Crippen molar-refractivity contribution >= 4 is 21.4 Å². The first-order valence-electron chi connectivity index (χ1n) is 9.70. The van der Waals surface area contributed by atoms with E-state index < -0.39 is 9.84 Å². The van der Waals surface area contributed by atoms with E-state index in [1.807, 2.05) is 23.1 Å². The zero-order valence-corrected chi connectivity index (χ0v) is 16.3. The highest BCUT2D eigenvalue weighted by molar-refractivity contribution is 7.91. The lowest BCUT2D eigenvalue weighted by molar-refractivity contribution is -0.135. The van der Waals surface area contributed by atoms with Gasteiger partial charge in [-0.15, -0.1) is 0 Å². The van der Waals surface area contributed by atoms with Crippen molar-refractivity contribution in [3.8, 4) is 5.75 Å². The largest absolute Gasteiger partial charge is 0.506 e. The molecular weight excluding hydrogens is 366 g/mol. The molecule has 1 atom stereocenters. The van der Waals surface area contributed by atoms with Gasteiger partial charge in [0.15, 0.2) is 9.84 Å². The van der Waals surface area contributed by atoms with E-state index in [-0.39, 0.29) is 35.2 Å². The first-order valence-corrected chi connectivity index (χ1v) is 11.5. The van der Waals surface area contributed by atoms with E-state index >= 15 is 0 Å². The monoisotopic (exact) mass is 393 g/mol. The number of hydrogen-bond acceptors (Lipinski definition) is 6. The average Bonchev–Trinajstić information content (AvgIpc) is 3.39. The molecular formula is C19H27N3O4S. The first kappa shape index (κ1) is 18.6. The van der Waals surface area contributed by atoms with Crippen molar-refractivity contribution < 1.29 is 18.3 Å². The van der Waals surface area contributed by atoms with Crippen LogP contribution >= 0.6 is 0 Å². The van der Waals surface area contributed by atoms with E-state index in [4.69, 9.17) is 0 Å². The molecule has 1 amide bonds. The number of phenols is 1. The molecule has 4 rings (SSSR count). The molecule has 2 saturated heterocycles. The Morgan fingerprint density at radius 1 is 1.07 bits per heavy atom.